The van der Waals surface area contributed by atoms with Gasteiger partial charge in [0.25, 0.3) is 0 Å². The first-order chi connectivity index (χ1) is 8.63. The van der Waals surface area contributed by atoms with Crippen LogP contribution in [0.4, 0.5) is 5.69 Å². The number of benzene rings is 1. The number of unbranched alkanes of at least 4 members (excludes halogenated alkanes) is 2. The summed E-state index contributed by atoms with van der Waals surface area (Å²) in [6.45, 7) is 2.85. The van der Waals surface area contributed by atoms with Gasteiger partial charge in [-0.3, -0.25) is 4.79 Å². The van der Waals surface area contributed by atoms with Crippen molar-refractivity contribution in [2.45, 2.75) is 32.6 Å². The van der Waals surface area contributed by atoms with Gasteiger partial charge in [-0.15, -0.1) is 0 Å². The second-order valence-corrected chi connectivity index (χ2v) is 4.58. The van der Waals surface area contributed by atoms with Crippen LogP contribution in [0.2, 0.25) is 0 Å². The lowest BCUT2D eigenvalue weighted by Gasteiger charge is -2.17. The van der Waals surface area contributed by atoms with E-state index in [4.69, 9.17) is 5.11 Å². The van der Waals surface area contributed by atoms with Crippen LogP contribution in [-0.4, -0.2) is 23.5 Å². The molecule has 0 fully saturated rings. The monoisotopic (exact) mass is 247 g/mol. The number of hydrogen-bond acceptors (Lipinski definition) is 2. The first-order valence-electron chi connectivity index (χ1n) is 6.30. The molecule has 4 heteroatoms. The lowest BCUT2D eigenvalue weighted by molar-refractivity contribution is -0.117. The number of carbonyl (C=O) groups is 2. The molecule has 1 amide bonds. The van der Waals surface area contributed by atoms with Gasteiger partial charge >= 0.3 is 5.97 Å². The van der Waals surface area contributed by atoms with Crippen LogP contribution in [0.1, 0.15) is 42.1 Å². The second kappa shape index (κ2) is 5.21. The largest absolute Gasteiger partial charge is 0.478 e. The predicted molar refractivity (Wildman–Crippen MR) is 69.0 cm³/mol. The van der Waals surface area contributed by atoms with Gasteiger partial charge < -0.3 is 10.0 Å². The van der Waals surface area contributed by atoms with Crippen LogP contribution < -0.4 is 4.90 Å². The molecule has 1 aromatic carbocycles. The molecule has 0 bridgehead atoms. The molecule has 1 aromatic rings. The molecule has 0 saturated heterocycles. The molecule has 0 saturated carbocycles. The van der Waals surface area contributed by atoms with Gasteiger partial charge in [0.1, 0.15) is 0 Å². The van der Waals surface area contributed by atoms with Gasteiger partial charge in [-0.1, -0.05) is 19.8 Å². The summed E-state index contributed by atoms with van der Waals surface area (Å²) in [4.78, 5) is 24.5. The van der Waals surface area contributed by atoms with Crippen molar-refractivity contribution in [3.63, 3.8) is 0 Å². The Morgan fingerprint density at radius 2 is 2.17 bits per heavy atom. The van der Waals surface area contributed by atoms with E-state index in [2.05, 4.69) is 6.92 Å². The average molecular weight is 247 g/mol. The van der Waals surface area contributed by atoms with Crippen molar-refractivity contribution in [1.82, 2.24) is 0 Å². The summed E-state index contributed by atoms with van der Waals surface area (Å²) in [6, 6.07) is 4.91. The van der Waals surface area contributed by atoms with E-state index in [0.29, 0.717) is 6.42 Å². The number of anilines is 1. The van der Waals surface area contributed by atoms with E-state index < -0.39 is 5.97 Å². The van der Waals surface area contributed by atoms with E-state index in [1.807, 2.05) is 0 Å². The van der Waals surface area contributed by atoms with Gasteiger partial charge in [-0.25, -0.2) is 4.79 Å². The van der Waals surface area contributed by atoms with Crippen LogP contribution in [0.25, 0.3) is 0 Å². The maximum absolute atomic E-state index is 11.9. The molecule has 1 N–H and O–H groups in total. The molecule has 18 heavy (non-hydrogen) atoms. The summed E-state index contributed by atoms with van der Waals surface area (Å²) < 4.78 is 0. The smallest absolute Gasteiger partial charge is 0.335 e. The number of nitrogens with zero attached hydrogens (tertiary/aromatic N) is 1. The highest BCUT2D eigenvalue weighted by Gasteiger charge is 2.27. The first-order valence-corrected chi connectivity index (χ1v) is 6.30. The molecule has 1 aliphatic heterocycles. The SMILES string of the molecule is CCCCCN1C(=O)Cc2cc(C(=O)O)ccc21. The highest BCUT2D eigenvalue weighted by atomic mass is 16.4. The first kappa shape index (κ1) is 12.6. The van der Waals surface area contributed by atoms with Gasteiger partial charge in [-0.05, 0) is 30.2 Å². The Balaban J connectivity index is 2.18. The molecule has 4 nitrogen and oxygen atoms in total. The van der Waals surface area contributed by atoms with Crippen LogP contribution in [0.5, 0.6) is 0 Å². The minimum absolute atomic E-state index is 0.0728. The fourth-order valence-electron chi connectivity index (χ4n) is 2.28. The number of rotatable bonds is 5. The average Bonchev–Trinajstić information content (AvgIpc) is 2.65. The van der Waals surface area contributed by atoms with Crippen LogP contribution in [-0.2, 0) is 11.2 Å². The van der Waals surface area contributed by atoms with E-state index >= 15 is 0 Å². The summed E-state index contributed by atoms with van der Waals surface area (Å²) in [6.07, 6.45) is 3.53. The number of carboxylic acids is 1. The number of carbonyl (C=O) groups excluding carboxylic acids is 1. The molecule has 0 atom stereocenters. The van der Waals surface area contributed by atoms with Crippen molar-refractivity contribution in [3.8, 4) is 0 Å². The number of hydrogen-bond donors (Lipinski definition) is 1. The molecule has 0 radical (unpaired) electrons. The van der Waals surface area contributed by atoms with Crippen molar-refractivity contribution in [2.75, 3.05) is 11.4 Å². The summed E-state index contributed by atoms with van der Waals surface area (Å²) in [5.41, 5.74) is 1.95. The number of aromatic carboxylic acids is 1. The van der Waals surface area contributed by atoms with Crippen molar-refractivity contribution >= 4 is 17.6 Å². The molecular weight excluding hydrogens is 230 g/mol. The van der Waals surface area contributed by atoms with Gasteiger partial charge in [-0.2, -0.15) is 0 Å². The lowest BCUT2D eigenvalue weighted by Crippen LogP contribution is -2.27. The van der Waals surface area contributed by atoms with E-state index in [-0.39, 0.29) is 11.5 Å². The molecule has 2 rings (SSSR count). The maximum Gasteiger partial charge on any atom is 0.335 e. The number of carboxylic acid groups (broad SMARTS) is 1. The van der Waals surface area contributed by atoms with Gasteiger partial charge in [0.05, 0.1) is 12.0 Å². The second-order valence-electron chi connectivity index (χ2n) is 4.58. The van der Waals surface area contributed by atoms with E-state index in [1.165, 1.54) is 0 Å². The van der Waals surface area contributed by atoms with Crippen LogP contribution in [0.3, 0.4) is 0 Å². The standard InChI is InChI=1S/C14H17NO3/c1-2-3-4-7-15-12-6-5-10(14(17)18)8-11(12)9-13(15)16/h5-6,8H,2-4,7,9H2,1H3,(H,17,18). The van der Waals surface area contributed by atoms with Gasteiger partial charge in [0, 0.05) is 12.2 Å². The fourth-order valence-corrected chi connectivity index (χ4v) is 2.28. The third kappa shape index (κ3) is 2.37. The van der Waals surface area contributed by atoms with Gasteiger partial charge in [0.2, 0.25) is 5.91 Å². The zero-order valence-electron chi connectivity index (χ0n) is 10.5. The summed E-state index contributed by atoms with van der Waals surface area (Å²) in [5.74, 6) is -0.877. The highest BCUT2D eigenvalue weighted by molar-refractivity contribution is 6.02. The molecule has 0 unspecified atom stereocenters. The molecule has 0 aromatic heterocycles. The minimum atomic E-state index is -0.949. The van der Waals surface area contributed by atoms with E-state index in [9.17, 15) is 9.59 Å². The quantitative estimate of drug-likeness (QED) is 0.813. The van der Waals surface area contributed by atoms with Gasteiger partial charge in [0.15, 0.2) is 0 Å². The predicted octanol–water partition coefficient (Wildman–Crippen LogP) is 2.46. The fraction of sp³-hybridized carbons (Fsp3) is 0.429. The van der Waals surface area contributed by atoms with Crippen molar-refractivity contribution in [1.29, 1.82) is 0 Å². The molecule has 1 aliphatic rings. The Labute approximate surface area is 106 Å². The zero-order chi connectivity index (χ0) is 13.1. The Morgan fingerprint density at radius 3 is 2.83 bits per heavy atom. The maximum atomic E-state index is 11.9. The minimum Gasteiger partial charge on any atom is -0.478 e. The third-order valence-corrected chi connectivity index (χ3v) is 3.25. The topological polar surface area (TPSA) is 57.6 Å². The summed E-state index contributed by atoms with van der Waals surface area (Å²) in [5, 5.41) is 8.92. The van der Waals surface area contributed by atoms with Crippen LogP contribution >= 0.6 is 0 Å². The van der Waals surface area contributed by atoms with E-state index in [0.717, 1.165) is 37.1 Å². The van der Waals surface area contributed by atoms with E-state index in [1.54, 1.807) is 23.1 Å². The molecule has 0 aliphatic carbocycles. The Kier molecular flexibility index (Phi) is 3.65. The summed E-state index contributed by atoms with van der Waals surface area (Å²) in [7, 11) is 0. The Hall–Kier alpha value is -1.84. The molecule has 1 heterocycles. The Morgan fingerprint density at radius 1 is 1.39 bits per heavy atom. The lowest BCUT2D eigenvalue weighted by atomic mass is 10.1. The van der Waals surface area contributed by atoms with Crippen molar-refractivity contribution < 1.29 is 14.7 Å². The van der Waals surface area contributed by atoms with Crippen molar-refractivity contribution in [2.24, 2.45) is 0 Å². The van der Waals surface area contributed by atoms with Crippen LogP contribution in [0, 0.1) is 0 Å². The number of fused-ring (bicyclic) bond motifs is 1. The Bertz CT molecular complexity index is 482. The normalized spacial score (nSPS) is 13.8. The molecule has 0 spiro atoms. The highest BCUT2D eigenvalue weighted by Crippen LogP contribution is 2.30. The zero-order valence-corrected chi connectivity index (χ0v) is 10.5. The van der Waals surface area contributed by atoms with Crippen LogP contribution in [0.15, 0.2) is 18.2 Å². The summed E-state index contributed by atoms with van der Waals surface area (Å²) >= 11 is 0. The molecule has 96 valence electrons. The third-order valence-electron chi connectivity index (χ3n) is 3.25. The molecular formula is C14H17NO3. The number of amides is 1. The van der Waals surface area contributed by atoms with Crippen molar-refractivity contribution in [3.05, 3.63) is 29.3 Å².